The van der Waals surface area contributed by atoms with Crippen molar-refractivity contribution < 1.29 is 9.47 Å². The molecule has 22 heavy (non-hydrogen) atoms. The summed E-state index contributed by atoms with van der Waals surface area (Å²) in [6, 6.07) is 12.3. The summed E-state index contributed by atoms with van der Waals surface area (Å²) in [5.41, 5.74) is 9.16. The molecule has 0 aliphatic rings. The van der Waals surface area contributed by atoms with E-state index in [1.54, 1.807) is 14.2 Å². The standard InChI is InChI=1S/C17H21IN2O2/c1-21-16-6-4-12(10-17(16)22-2)7-8-20-15-9-13(11-19)3-5-14(15)18/h3-6,9-10,20H,7-8,11,19H2,1-2H3. The quantitative estimate of drug-likeness (QED) is 0.685. The minimum Gasteiger partial charge on any atom is -0.493 e. The van der Waals surface area contributed by atoms with Gasteiger partial charge in [-0.25, -0.2) is 0 Å². The molecule has 0 aliphatic heterocycles. The fourth-order valence-corrected chi connectivity index (χ4v) is 2.74. The number of benzene rings is 2. The van der Waals surface area contributed by atoms with E-state index in [1.165, 1.54) is 9.13 Å². The third-order valence-electron chi connectivity index (χ3n) is 3.44. The maximum absolute atomic E-state index is 5.69. The number of ether oxygens (including phenoxy) is 2. The van der Waals surface area contributed by atoms with Crippen molar-refractivity contribution in [2.24, 2.45) is 5.73 Å². The van der Waals surface area contributed by atoms with Gasteiger partial charge in [-0.05, 0) is 64.4 Å². The van der Waals surface area contributed by atoms with Crippen LogP contribution in [0, 0.1) is 3.57 Å². The molecular weight excluding hydrogens is 391 g/mol. The lowest BCUT2D eigenvalue weighted by molar-refractivity contribution is 0.354. The first-order valence-electron chi connectivity index (χ1n) is 7.11. The van der Waals surface area contributed by atoms with Crippen LogP contribution >= 0.6 is 22.6 Å². The Labute approximate surface area is 145 Å². The van der Waals surface area contributed by atoms with Crippen molar-refractivity contribution in [2.45, 2.75) is 13.0 Å². The van der Waals surface area contributed by atoms with Crippen LogP contribution in [0.2, 0.25) is 0 Å². The summed E-state index contributed by atoms with van der Waals surface area (Å²) < 4.78 is 11.8. The molecular formula is C17H21IN2O2. The van der Waals surface area contributed by atoms with Gasteiger partial charge >= 0.3 is 0 Å². The number of halogens is 1. The summed E-state index contributed by atoms with van der Waals surface area (Å²) in [6.07, 6.45) is 0.906. The Balaban J connectivity index is 1.99. The lowest BCUT2D eigenvalue weighted by Gasteiger charge is -2.12. The number of hydrogen-bond donors (Lipinski definition) is 2. The Hall–Kier alpha value is -1.47. The topological polar surface area (TPSA) is 56.5 Å². The van der Waals surface area contributed by atoms with Crippen LogP contribution in [0.25, 0.3) is 0 Å². The van der Waals surface area contributed by atoms with Gasteiger partial charge < -0.3 is 20.5 Å². The molecule has 2 aromatic rings. The summed E-state index contributed by atoms with van der Waals surface area (Å²) in [5, 5.41) is 3.47. The molecule has 4 nitrogen and oxygen atoms in total. The smallest absolute Gasteiger partial charge is 0.160 e. The maximum Gasteiger partial charge on any atom is 0.160 e. The molecule has 0 bridgehead atoms. The first kappa shape index (κ1) is 16.9. The van der Waals surface area contributed by atoms with E-state index in [9.17, 15) is 0 Å². The molecule has 0 fully saturated rings. The SMILES string of the molecule is COc1ccc(CCNc2cc(CN)ccc2I)cc1OC. The number of anilines is 1. The summed E-state index contributed by atoms with van der Waals surface area (Å²) in [6.45, 7) is 1.40. The number of methoxy groups -OCH3 is 2. The van der Waals surface area contributed by atoms with Crippen LogP contribution in [-0.4, -0.2) is 20.8 Å². The van der Waals surface area contributed by atoms with E-state index in [0.29, 0.717) is 6.54 Å². The van der Waals surface area contributed by atoms with Gasteiger partial charge in [-0.2, -0.15) is 0 Å². The zero-order chi connectivity index (χ0) is 15.9. The highest BCUT2D eigenvalue weighted by Crippen LogP contribution is 2.27. The Morgan fingerprint density at radius 3 is 2.41 bits per heavy atom. The summed E-state index contributed by atoms with van der Waals surface area (Å²) in [5.74, 6) is 1.52. The molecule has 2 rings (SSSR count). The molecule has 0 saturated heterocycles. The Morgan fingerprint density at radius 1 is 1.00 bits per heavy atom. The minimum atomic E-state index is 0.557. The molecule has 0 heterocycles. The molecule has 0 saturated carbocycles. The minimum absolute atomic E-state index is 0.557. The van der Waals surface area contributed by atoms with Crippen LogP contribution in [-0.2, 0) is 13.0 Å². The van der Waals surface area contributed by atoms with Crippen LogP contribution in [0.5, 0.6) is 11.5 Å². The van der Waals surface area contributed by atoms with Crippen molar-refractivity contribution in [1.82, 2.24) is 0 Å². The molecule has 0 unspecified atom stereocenters. The van der Waals surface area contributed by atoms with Crippen molar-refractivity contribution in [2.75, 3.05) is 26.1 Å². The highest BCUT2D eigenvalue weighted by atomic mass is 127. The number of nitrogens with two attached hydrogens (primary N) is 1. The maximum atomic E-state index is 5.69. The highest BCUT2D eigenvalue weighted by molar-refractivity contribution is 14.1. The fourth-order valence-electron chi connectivity index (χ4n) is 2.21. The lowest BCUT2D eigenvalue weighted by atomic mass is 10.1. The van der Waals surface area contributed by atoms with Gasteiger partial charge in [0, 0.05) is 22.3 Å². The van der Waals surface area contributed by atoms with E-state index in [-0.39, 0.29) is 0 Å². The predicted molar refractivity (Wildman–Crippen MR) is 98.8 cm³/mol. The molecule has 5 heteroatoms. The monoisotopic (exact) mass is 412 g/mol. The van der Waals surface area contributed by atoms with Crippen LogP contribution < -0.4 is 20.5 Å². The van der Waals surface area contributed by atoms with Gasteiger partial charge in [0.15, 0.2) is 11.5 Å². The zero-order valence-electron chi connectivity index (χ0n) is 12.9. The van der Waals surface area contributed by atoms with E-state index in [4.69, 9.17) is 15.2 Å². The molecule has 0 atom stereocenters. The number of nitrogens with one attached hydrogen (secondary N) is 1. The van der Waals surface area contributed by atoms with Crippen LogP contribution in [0.3, 0.4) is 0 Å². The third-order valence-corrected chi connectivity index (χ3v) is 4.38. The Bertz CT molecular complexity index is 632. The van der Waals surface area contributed by atoms with Crippen molar-refractivity contribution >= 4 is 28.3 Å². The summed E-state index contributed by atoms with van der Waals surface area (Å²) >= 11 is 2.33. The first-order chi connectivity index (χ1) is 10.7. The first-order valence-corrected chi connectivity index (χ1v) is 8.19. The third kappa shape index (κ3) is 4.27. The average Bonchev–Trinajstić information content (AvgIpc) is 2.56. The molecule has 0 radical (unpaired) electrons. The highest BCUT2D eigenvalue weighted by Gasteiger charge is 2.05. The second-order valence-corrected chi connectivity index (χ2v) is 6.05. The largest absolute Gasteiger partial charge is 0.493 e. The van der Waals surface area contributed by atoms with Crippen molar-refractivity contribution in [1.29, 1.82) is 0 Å². The van der Waals surface area contributed by atoms with Crippen molar-refractivity contribution in [3.05, 3.63) is 51.1 Å². The molecule has 2 aromatic carbocycles. The lowest BCUT2D eigenvalue weighted by Crippen LogP contribution is -2.07. The molecule has 0 spiro atoms. The van der Waals surface area contributed by atoms with E-state index >= 15 is 0 Å². The van der Waals surface area contributed by atoms with Crippen molar-refractivity contribution in [3.63, 3.8) is 0 Å². The van der Waals surface area contributed by atoms with Crippen molar-refractivity contribution in [3.8, 4) is 11.5 Å². The molecule has 0 amide bonds. The fraction of sp³-hybridized carbons (Fsp3) is 0.294. The Kier molecular flexibility index (Phi) is 6.33. The molecule has 0 aromatic heterocycles. The summed E-state index contributed by atoms with van der Waals surface area (Å²) in [4.78, 5) is 0. The molecule has 3 N–H and O–H groups in total. The van der Waals surface area contributed by atoms with E-state index in [2.05, 4.69) is 52.2 Å². The second kappa shape index (κ2) is 8.24. The summed E-state index contributed by atoms with van der Waals surface area (Å²) in [7, 11) is 3.30. The number of hydrogen-bond acceptors (Lipinski definition) is 4. The van der Waals surface area contributed by atoms with Gasteiger partial charge in [0.2, 0.25) is 0 Å². The van der Waals surface area contributed by atoms with Crippen LogP contribution in [0.15, 0.2) is 36.4 Å². The van der Waals surface area contributed by atoms with Gasteiger partial charge in [-0.15, -0.1) is 0 Å². The van der Waals surface area contributed by atoms with E-state index in [1.807, 2.05) is 12.1 Å². The zero-order valence-corrected chi connectivity index (χ0v) is 15.0. The van der Waals surface area contributed by atoms with Crippen LogP contribution in [0.4, 0.5) is 5.69 Å². The second-order valence-electron chi connectivity index (χ2n) is 4.88. The van der Waals surface area contributed by atoms with Gasteiger partial charge in [-0.3, -0.25) is 0 Å². The molecule has 0 aliphatic carbocycles. The van der Waals surface area contributed by atoms with Gasteiger partial charge in [0.25, 0.3) is 0 Å². The van der Waals surface area contributed by atoms with Gasteiger partial charge in [0.1, 0.15) is 0 Å². The Morgan fingerprint density at radius 2 is 1.73 bits per heavy atom. The normalized spacial score (nSPS) is 10.4. The average molecular weight is 412 g/mol. The van der Waals surface area contributed by atoms with E-state index in [0.717, 1.165) is 35.7 Å². The predicted octanol–water partition coefficient (Wildman–Crippen LogP) is 3.42. The number of rotatable bonds is 7. The molecule has 118 valence electrons. The van der Waals surface area contributed by atoms with Gasteiger partial charge in [0.05, 0.1) is 14.2 Å². The van der Waals surface area contributed by atoms with Crippen LogP contribution in [0.1, 0.15) is 11.1 Å². The van der Waals surface area contributed by atoms with E-state index < -0.39 is 0 Å². The van der Waals surface area contributed by atoms with Gasteiger partial charge in [-0.1, -0.05) is 12.1 Å².